The van der Waals surface area contributed by atoms with E-state index in [0.717, 1.165) is 11.3 Å². The van der Waals surface area contributed by atoms with E-state index in [4.69, 9.17) is 9.47 Å². The SMILES string of the molecule is C=CCN1C(=O)C[C@]23c4ccccc4N(C)[C@H]2[C@]2(C(=O)OC)O[C@]13C1(CC1)C2=O. The first-order valence-corrected chi connectivity index (χ1v) is 9.96. The summed E-state index contributed by atoms with van der Waals surface area (Å²) in [6, 6.07) is 7.23. The number of anilines is 1. The van der Waals surface area contributed by atoms with Gasteiger partial charge in [0.15, 0.2) is 11.5 Å². The van der Waals surface area contributed by atoms with Crippen LogP contribution < -0.4 is 4.90 Å². The number of benzene rings is 1. The van der Waals surface area contributed by atoms with Crippen molar-refractivity contribution in [3.05, 3.63) is 42.5 Å². The number of fused-ring (bicyclic) bond motifs is 3. The summed E-state index contributed by atoms with van der Waals surface area (Å²) in [5, 5.41) is 0. The van der Waals surface area contributed by atoms with Crippen LogP contribution in [0, 0.1) is 5.41 Å². The fourth-order valence-electron chi connectivity index (χ4n) is 7.17. The molecule has 7 heteroatoms. The van der Waals surface area contributed by atoms with E-state index in [0.29, 0.717) is 12.8 Å². The molecule has 29 heavy (non-hydrogen) atoms. The maximum absolute atomic E-state index is 13.9. The first kappa shape index (κ1) is 17.2. The highest BCUT2D eigenvalue weighted by molar-refractivity contribution is 6.18. The fourth-order valence-corrected chi connectivity index (χ4v) is 7.17. The van der Waals surface area contributed by atoms with Crippen LogP contribution in [0.3, 0.4) is 0 Å². The summed E-state index contributed by atoms with van der Waals surface area (Å²) < 4.78 is 11.8. The number of para-hydroxylation sites is 1. The topological polar surface area (TPSA) is 76.2 Å². The molecule has 6 rings (SSSR count). The third kappa shape index (κ3) is 1.34. The second kappa shape index (κ2) is 4.73. The third-order valence-electron chi connectivity index (χ3n) is 8.00. The first-order valence-electron chi connectivity index (χ1n) is 9.96. The first-order chi connectivity index (χ1) is 13.9. The summed E-state index contributed by atoms with van der Waals surface area (Å²) in [5.74, 6) is -0.976. The van der Waals surface area contributed by atoms with Crippen molar-refractivity contribution in [2.75, 3.05) is 25.6 Å². The summed E-state index contributed by atoms with van der Waals surface area (Å²) in [4.78, 5) is 44.1. The monoisotopic (exact) mass is 394 g/mol. The molecule has 4 atom stereocenters. The number of carbonyl (C=O) groups excluding carboxylic acids is 3. The van der Waals surface area contributed by atoms with Gasteiger partial charge in [0.05, 0.1) is 24.0 Å². The molecule has 0 aromatic heterocycles. The van der Waals surface area contributed by atoms with Crippen LogP contribution >= 0.6 is 0 Å². The highest BCUT2D eigenvalue weighted by Gasteiger charge is 2.98. The minimum atomic E-state index is -1.74. The summed E-state index contributed by atoms with van der Waals surface area (Å²) in [6.07, 6.45) is 3.06. The van der Waals surface area contributed by atoms with Crippen LogP contribution in [0.15, 0.2) is 36.9 Å². The highest BCUT2D eigenvalue weighted by atomic mass is 16.6. The van der Waals surface area contributed by atoms with E-state index in [1.54, 1.807) is 11.0 Å². The van der Waals surface area contributed by atoms with Crippen molar-refractivity contribution in [2.45, 2.75) is 42.0 Å². The van der Waals surface area contributed by atoms with Crippen molar-refractivity contribution in [1.29, 1.82) is 0 Å². The number of carbonyl (C=O) groups is 3. The second-order valence-electron chi connectivity index (χ2n) is 8.86. The Kier molecular flexibility index (Phi) is 2.80. The summed E-state index contributed by atoms with van der Waals surface area (Å²) >= 11 is 0. The number of likely N-dealkylation sites (tertiary alicyclic amines) is 1. The molecule has 0 radical (unpaired) electrons. The lowest BCUT2D eigenvalue weighted by atomic mass is 9.55. The molecular formula is C22H22N2O5. The molecular weight excluding hydrogens is 372 g/mol. The average molecular weight is 394 g/mol. The van der Waals surface area contributed by atoms with Gasteiger partial charge in [-0.15, -0.1) is 6.58 Å². The number of esters is 1. The van der Waals surface area contributed by atoms with Crippen molar-refractivity contribution in [3.63, 3.8) is 0 Å². The molecule has 7 nitrogen and oxygen atoms in total. The minimum absolute atomic E-state index is 0.0700. The van der Waals surface area contributed by atoms with Crippen LogP contribution in [0.25, 0.3) is 0 Å². The molecule has 4 heterocycles. The Hall–Kier alpha value is -2.67. The molecule has 4 fully saturated rings. The number of rotatable bonds is 3. The van der Waals surface area contributed by atoms with Gasteiger partial charge in [-0.2, -0.15) is 0 Å². The normalized spacial score (nSPS) is 39.6. The molecule has 3 spiro atoms. The van der Waals surface area contributed by atoms with Crippen LogP contribution in [0.2, 0.25) is 0 Å². The molecule has 0 unspecified atom stereocenters. The zero-order chi connectivity index (χ0) is 20.4. The smallest absolute Gasteiger partial charge is 0.348 e. The van der Waals surface area contributed by atoms with Crippen LogP contribution in [-0.4, -0.2) is 60.6 Å². The van der Waals surface area contributed by atoms with Gasteiger partial charge in [0.25, 0.3) is 0 Å². The maximum atomic E-state index is 13.9. The molecule has 3 saturated heterocycles. The molecule has 1 saturated carbocycles. The number of hydrogen-bond donors (Lipinski definition) is 0. The number of likely N-dealkylation sites (N-methyl/N-ethyl adjacent to an activating group) is 1. The Morgan fingerprint density at radius 3 is 2.72 bits per heavy atom. The van der Waals surface area contributed by atoms with Gasteiger partial charge < -0.3 is 19.3 Å². The molecule has 1 aromatic rings. The van der Waals surface area contributed by atoms with E-state index in [1.165, 1.54) is 7.11 Å². The number of ether oxygens (including phenoxy) is 2. The lowest BCUT2D eigenvalue weighted by Gasteiger charge is -2.48. The van der Waals surface area contributed by atoms with E-state index in [1.807, 2.05) is 36.2 Å². The quantitative estimate of drug-likeness (QED) is 0.435. The molecule has 2 bridgehead atoms. The maximum Gasteiger partial charge on any atom is 0.348 e. The Morgan fingerprint density at radius 2 is 2.07 bits per heavy atom. The van der Waals surface area contributed by atoms with Crippen LogP contribution in [0.5, 0.6) is 0 Å². The van der Waals surface area contributed by atoms with Crippen molar-refractivity contribution >= 4 is 23.3 Å². The molecule has 5 aliphatic rings. The Bertz CT molecular complexity index is 1030. The second-order valence-corrected chi connectivity index (χ2v) is 8.86. The summed E-state index contributed by atoms with van der Waals surface area (Å²) in [6.45, 7) is 4.08. The van der Waals surface area contributed by atoms with Gasteiger partial charge in [0.2, 0.25) is 11.5 Å². The van der Waals surface area contributed by atoms with E-state index in [9.17, 15) is 14.4 Å². The molecule has 150 valence electrons. The van der Waals surface area contributed by atoms with Crippen LogP contribution in [0.4, 0.5) is 5.69 Å². The average Bonchev–Trinajstić information content (AvgIpc) is 3.31. The predicted octanol–water partition coefficient (Wildman–Crippen LogP) is 1.16. The van der Waals surface area contributed by atoms with Crippen LogP contribution in [-0.2, 0) is 29.3 Å². The van der Waals surface area contributed by atoms with E-state index < -0.39 is 34.2 Å². The van der Waals surface area contributed by atoms with Crippen molar-refractivity contribution < 1.29 is 23.9 Å². The van der Waals surface area contributed by atoms with Gasteiger partial charge >= 0.3 is 5.97 Å². The lowest BCUT2D eigenvalue weighted by molar-refractivity contribution is -0.188. The number of ketones is 1. The lowest BCUT2D eigenvalue weighted by Crippen LogP contribution is -2.70. The molecule has 1 amide bonds. The molecule has 1 aliphatic carbocycles. The van der Waals surface area contributed by atoms with E-state index in [-0.39, 0.29) is 24.7 Å². The van der Waals surface area contributed by atoms with Gasteiger partial charge in [-0.3, -0.25) is 9.59 Å². The van der Waals surface area contributed by atoms with Gasteiger partial charge in [-0.1, -0.05) is 24.3 Å². The molecule has 1 aromatic carbocycles. The van der Waals surface area contributed by atoms with Crippen molar-refractivity contribution in [3.8, 4) is 0 Å². The Labute approximate surface area is 168 Å². The van der Waals surface area contributed by atoms with Gasteiger partial charge in [-0.25, -0.2) is 4.79 Å². The zero-order valence-corrected chi connectivity index (χ0v) is 16.4. The van der Waals surface area contributed by atoms with Gasteiger partial charge in [0, 0.05) is 25.7 Å². The molecule has 4 aliphatic heterocycles. The number of methoxy groups -OCH3 is 1. The third-order valence-corrected chi connectivity index (χ3v) is 8.00. The largest absolute Gasteiger partial charge is 0.466 e. The zero-order valence-electron chi connectivity index (χ0n) is 16.4. The summed E-state index contributed by atoms with van der Waals surface area (Å²) in [5.41, 5.74) is -2.71. The highest BCUT2D eigenvalue weighted by Crippen LogP contribution is 2.81. The van der Waals surface area contributed by atoms with E-state index >= 15 is 0 Å². The fraction of sp³-hybridized carbons (Fsp3) is 0.500. The molecule has 0 N–H and O–H groups in total. The van der Waals surface area contributed by atoms with Crippen molar-refractivity contribution in [2.24, 2.45) is 5.41 Å². The predicted molar refractivity (Wildman–Crippen MR) is 102 cm³/mol. The Balaban J connectivity index is 1.75. The number of nitrogens with zero attached hydrogens (tertiary/aromatic N) is 2. The van der Waals surface area contributed by atoms with E-state index in [2.05, 4.69) is 6.58 Å². The minimum Gasteiger partial charge on any atom is -0.466 e. The number of hydrogen-bond acceptors (Lipinski definition) is 6. The van der Waals surface area contributed by atoms with Crippen LogP contribution in [0.1, 0.15) is 24.8 Å². The van der Waals surface area contributed by atoms with Crippen molar-refractivity contribution in [1.82, 2.24) is 4.90 Å². The number of amides is 1. The van der Waals surface area contributed by atoms with Gasteiger partial charge in [0.1, 0.15) is 0 Å². The summed E-state index contributed by atoms with van der Waals surface area (Å²) in [7, 11) is 3.15. The van der Waals surface area contributed by atoms with Gasteiger partial charge in [-0.05, 0) is 24.5 Å². The standard InChI is InChI=1S/C22H22N2O5/c1-4-11-24-15(25)12-20-13-7-5-6-8-14(13)23(2)16(20)21(18(27)28-3)17(26)19(9-10-19)22(20,24)29-21/h4-8,16H,1,9-12H2,2-3H3/t16-,20+,21+,22+/m1/s1. The number of Topliss-reactive ketones (excluding diaryl/α,β-unsaturated/α-hetero) is 1. The Morgan fingerprint density at radius 1 is 1.34 bits per heavy atom.